The van der Waals surface area contributed by atoms with E-state index in [2.05, 4.69) is 33.3 Å². The molecule has 2 atom stereocenters. The Bertz CT molecular complexity index is 469. The van der Waals surface area contributed by atoms with Gasteiger partial charge in [0.15, 0.2) is 0 Å². The Balaban J connectivity index is 2.14. The number of hydrogen-bond acceptors (Lipinski definition) is 4. The topological polar surface area (TPSA) is 56.1 Å². The van der Waals surface area contributed by atoms with E-state index in [1.807, 2.05) is 6.92 Å². The molecule has 6 heteroatoms. The maximum absolute atomic E-state index is 11.9. The highest BCUT2D eigenvalue weighted by Gasteiger charge is 2.23. The zero-order chi connectivity index (χ0) is 13.1. The number of nitrogens with one attached hydrogen (secondary N) is 1. The number of halogens is 1. The van der Waals surface area contributed by atoms with Crippen molar-refractivity contribution in [2.45, 2.75) is 32.9 Å². The lowest BCUT2D eigenvalue weighted by molar-refractivity contribution is 0.183. The van der Waals surface area contributed by atoms with Crippen LogP contribution in [0.25, 0.3) is 0 Å². The molecule has 18 heavy (non-hydrogen) atoms. The maximum Gasteiger partial charge on any atom is 0.283 e. The zero-order valence-electron chi connectivity index (χ0n) is 10.6. The number of aromatic nitrogens is 2. The number of ether oxygens (including phenoxy) is 1. The number of nitrogens with zero attached hydrogens (tertiary/aromatic N) is 2. The Morgan fingerprint density at radius 3 is 3.11 bits per heavy atom. The number of rotatable bonds is 4. The molecule has 2 unspecified atom stereocenters. The SMILES string of the molecule is CCn1ncc(NC(C)C2CCOC2)c(Br)c1=O. The lowest BCUT2D eigenvalue weighted by Gasteiger charge is -2.21. The summed E-state index contributed by atoms with van der Waals surface area (Å²) >= 11 is 3.34. The smallest absolute Gasteiger partial charge is 0.283 e. The van der Waals surface area contributed by atoms with Gasteiger partial charge in [-0.2, -0.15) is 5.10 Å². The highest BCUT2D eigenvalue weighted by atomic mass is 79.9. The highest BCUT2D eigenvalue weighted by molar-refractivity contribution is 9.10. The average Bonchev–Trinajstić information content (AvgIpc) is 2.89. The molecule has 0 amide bonds. The van der Waals surface area contributed by atoms with Gasteiger partial charge in [0.05, 0.1) is 18.5 Å². The van der Waals surface area contributed by atoms with Crippen molar-refractivity contribution in [1.82, 2.24) is 9.78 Å². The van der Waals surface area contributed by atoms with E-state index in [0.29, 0.717) is 16.9 Å². The predicted octanol–water partition coefficient (Wildman–Crippen LogP) is 1.86. The van der Waals surface area contributed by atoms with Crippen LogP contribution in [-0.4, -0.2) is 29.0 Å². The standard InChI is InChI=1S/C12H18BrN3O2/c1-3-16-12(17)11(13)10(6-14-16)15-8(2)9-4-5-18-7-9/h6,8-9,15H,3-5,7H2,1-2H3. The van der Waals surface area contributed by atoms with Crippen LogP contribution >= 0.6 is 15.9 Å². The van der Waals surface area contributed by atoms with Crippen LogP contribution in [0, 0.1) is 5.92 Å². The third-order valence-corrected chi connectivity index (χ3v) is 4.11. The molecule has 0 bridgehead atoms. The van der Waals surface area contributed by atoms with Gasteiger partial charge in [-0.15, -0.1) is 0 Å². The molecule has 2 rings (SSSR count). The Kier molecular flexibility index (Phi) is 4.40. The molecule has 5 nitrogen and oxygen atoms in total. The molecule has 1 aliphatic rings. The first kappa shape index (κ1) is 13.5. The Morgan fingerprint density at radius 1 is 1.72 bits per heavy atom. The zero-order valence-corrected chi connectivity index (χ0v) is 12.2. The fraction of sp³-hybridized carbons (Fsp3) is 0.667. The molecule has 0 aromatic carbocycles. The third-order valence-electron chi connectivity index (χ3n) is 3.34. The van der Waals surface area contributed by atoms with E-state index < -0.39 is 0 Å². The van der Waals surface area contributed by atoms with Gasteiger partial charge in [-0.05, 0) is 36.2 Å². The molecule has 1 aliphatic heterocycles. The second-order valence-electron chi connectivity index (χ2n) is 4.55. The Morgan fingerprint density at radius 2 is 2.50 bits per heavy atom. The molecule has 1 N–H and O–H groups in total. The van der Waals surface area contributed by atoms with E-state index in [-0.39, 0.29) is 11.6 Å². The van der Waals surface area contributed by atoms with Crippen molar-refractivity contribution >= 4 is 21.6 Å². The summed E-state index contributed by atoms with van der Waals surface area (Å²) in [6, 6.07) is 0.266. The van der Waals surface area contributed by atoms with Crippen LogP contribution in [0.3, 0.4) is 0 Å². The summed E-state index contributed by atoms with van der Waals surface area (Å²) in [7, 11) is 0. The summed E-state index contributed by atoms with van der Waals surface area (Å²) < 4.78 is 7.35. The summed E-state index contributed by atoms with van der Waals surface area (Å²) in [5.74, 6) is 0.491. The van der Waals surface area contributed by atoms with Crippen molar-refractivity contribution < 1.29 is 4.74 Å². The molecular formula is C12H18BrN3O2. The van der Waals surface area contributed by atoms with Crippen LogP contribution in [0.2, 0.25) is 0 Å². The molecule has 0 spiro atoms. The third kappa shape index (κ3) is 2.75. The van der Waals surface area contributed by atoms with Crippen molar-refractivity contribution in [3.05, 3.63) is 21.0 Å². The minimum absolute atomic E-state index is 0.0997. The number of hydrogen-bond donors (Lipinski definition) is 1. The first-order valence-corrected chi connectivity index (χ1v) is 7.02. The summed E-state index contributed by atoms with van der Waals surface area (Å²) in [5, 5.41) is 7.46. The molecule has 0 aliphatic carbocycles. The second kappa shape index (κ2) is 5.84. The van der Waals surface area contributed by atoms with Gasteiger partial charge in [0, 0.05) is 25.1 Å². The summed E-state index contributed by atoms with van der Waals surface area (Å²) in [6.07, 6.45) is 2.76. The molecule has 0 radical (unpaired) electrons. The number of anilines is 1. The average molecular weight is 316 g/mol. The van der Waals surface area contributed by atoms with Gasteiger partial charge in [-0.1, -0.05) is 0 Å². The van der Waals surface area contributed by atoms with Crippen LogP contribution in [-0.2, 0) is 11.3 Å². The lowest BCUT2D eigenvalue weighted by Crippen LogP contribution is -2.29. The van der Waals surface area contributed by atoms with E-state index in [4.69, 9.17) is 4.74 Å². The van der Waals surface area contributed by atoms with E-state index in [1.165, 1.54) is 4.68 Å². The molecule has 1 aromatic heterocycles. The largest absolute Gasteiger partial charge is 0.381 e. The summed E-state index contributed by atoms with van der Waals surface area (Å²) in [5.41, 5.74) is 0.654. The second-order valence-corrected chi connectivity index (χ2v) is 5.34. The van der Waals surface area contributed by atoms with Gasteiger partial charge < -0.3 is 10.1 Å². The Hall–Kier alpha value is -0.880. The fourth-order valence-corrected chi connectivity index (χ4v) is 2.52. The van der Waals surface area contributed by atoms with Gasteiger partial charge in [0.2, 0.25) is 0 Å². The van der Waals surface area contributed by atoms with Crippen LogP contribution in [0.4, 0.5) is 5.69 Å². The van der Waals surface area contributed by atoms with Crippen LogP contribution in [0.1, 0.15) is 20.3 Å². The van der Waals surface area contributed by atoms with Crippen LogP contribution in [0.15, 0.2) is 15.5 Å². The van der Waals surface area contributed by atoms with Crippen LogP contribution in [0.5, 0.6) is 0 Å². The van der Waals surface area contributed by atoms with E-state index in [1.54, 1.807) is 6.20 Å². The molecule has 1 aromatic rings. The highest BCUT2D eigenvalue weighted by Crippen LogP contribution is 2.23. The Labute approximate surface area is 115 Å². The molecule has 2 heterocycles. The maximum atomic E-state index is 11.9. The van der Waals surface area contributed by atoms with Crippen molar-refractivity contribution in [2.24, 2.45) is 5.92 Å². The molecule has 1 saturated heterocycles. The first-order valence-electron chi connectivity index (χ1n) is 6.23. The summed E-state index contributed by atoms with van der Waals surface area (Å²) in [6.45, 7) is 6.19. The number of aryl methyl sites for hydroxylation is 1. The molecule has 1 fully saturated rings. The van der Waals surface area contributed by atoms with E-state index in [0.717, 1.165) is 25.3 Å². The van der Waals surface area contributed by atoms with Gasteiger partial charge >= 0.3 is 0 Å². The van der Waals surface area contributed by atoms with Gasteiger partial charge in [0.1, 0.15) is 4.47 Å². The fourth-order valence-electron chi connectivity index (χ4n) is 2.10. The van der Waals surface area contributed by atoms with Gasteiger partial charge in [0.25, 0.3) is 5.56 Å². The molecule has 100 valence electrons. The minimum Gasteiger partial charge on any atom is -0.381 e. The molecule has 0 saturated carbocycles. The monoisotopic (exact) mass is 315 g/mol. The van der Waals surface area contributed by atoms with Crippen molar-refractivity contribution in [3.63, 3.8) is 0 Å². The van der Waals surface area contributed by atoms with Crippen molar-refractivity contribution in [1.29, 1.82) is 0 Å². The quantitative estimate of drug-likeness (QED) is 0.921. The normalized spacial score (nSPS) is 20.9. The van der Waals surface area contributed by atoms with Crippen molar-refractivity contribution in [2.75, 3.05) is 18.5 Å². The van der Waals surface area contributed by atoms with Gasteiger partial charge in [-0.25, -0.2) is 4.68 Å². The molecular weight excluding hydrogens is 298 g/mol. The summed E-state index contributed by atoms with van der Waals surface area (Å²) in [4.78, 5) is 11.9. The van der Waals surface area contributed by atoms with Crippen molar-refractivity contribution in [3.8, 4) is 0 Å². The minimum atomic E-state index is -0.0997. The van der Waals surface area contributed by atoms with Crippen LogP contribution < -0.4 is 10.9 Å². The van der Waals surface area contributed by atoms with Gasteiger partial charge in [-0.3, -0.25) is 4.79 Å². The lowest BCUT2D eigenvalue weighted by atomic mass is 10.0. The predicted molar refractivity (Wildman–Crippen MR) is 73.9 cm³/mol. The first-order chi connectivity index (χ1) is 8.63. The van der Waals surface area contributed by atoms with E-state index >= 15 is 0 Å². The van der Waals surface area contributed by atoms with E-state index in [9.17, 15) is 4.79 Å².